The molecule has 280 valence electrons. The van der Waals surface area contributed by atoms with Crippen molar-refractivity contribution >= 4 is 51.9 Å². The van der Waals surface area contributed by atoms with Crippen molar-refractivity contribution in [1.82, 2.24) is 19.6 Å². The zero-order valence-electron chi connectivity index (χ0n) is 31.6. The minimum atomic E-state index is -0.383. The Kier molecular flexibility index (Phi) is 12.7. The molecular weight excluding hydrogens is 703 g/mol. The number of ketones is 1. The SMILES string of the molecule is COc1cccc(Nc2ccc(C(C)C(=O)Nc3cc(C)nn3C)cc2)c1OC.Cc1cc(NC(=O)C(C)c2cccc(C(=O)c3cccs3)c2)n(C)n1. The fourth-order valence-corrected chi connectivity index (χ4v) is 6.41. The van der Waals surface area contributed by atoms with Crippen LogP contribution in [-0.4, -0.2) is 51.4 Å². The van der Waals surface area contributed by atoms with Crippen molar-refractivity contribution in [3.8, 4) is 11.5 Å². The van der Waals surface area contributed by atoms with Crippen LogP contribution in [0.2, 0.25) is 0 Å². The number of carbonyl (C=O) groups is 3. The standard InChI is InChI=1S/C22H26N4O3.C19H19N3O2S/c1-14-13-20(26(3)25-14)24-22(27)15(2)16-9-11-17(12-10-16)23-18-7-6-8-19(28-4)21(18)29-5;1-12-10-17(22(3)21-12)20-19(24)13(2)14-6-4-7-15(11-14)18(23)16-8-5-9-25-16/h6-13,15,23H,1-5H3,(H,24,27);4-11,13H,1-3H3,(H,20,24). The molecule has 6 aromatic rings. The smallest absolute Gasteiger partial charge is 0.232 e. The molecule has 12 nitrogen and oxygen atoms in total. The molecule has 0 saturated carbocycles. The van der Waals surface area contributed by atoms with Crippen LogP contribution in [0.15, 0.2) is 96.4 Å². The third-order valence-corrected chi connectivity index (χ3v) is 9.65. The monoisotopic (exact) mass is 747 g/mol. The first-order chi connectivity index (χ1) is 25.9. The second kappa shape index (κ2) is 17.5. The number of ether oxygens (including phenoxy) is 2. The van der Waals surface area contributed by atoms with Crippen LogP contribution in [-0.2, 0) is 23.7 Å². The molecule has 0 saturated heterocycles. The Labute approximate surface area is 319 Å². The van der Waals surface area contributed by atoms with E-state index in [1.54, 1.807) is 55.9 Å². The van der Waals surface area contributed by atoms with Crippen molar-refractivity contribution in [1.29, 1.82) is 0 Å². The summed E-state index contributed by atoms with van der Waals surface area (Å²) in [5.41, 5.74) is 5.71. The van der Waals surface area contributed by atoms with Crippen molar-refractivity contribution in [3.63, 3.8) is 0 Å². The van der Waals surface area contributed by atoms with Gasteiger partial charge in [-0.1, -0.05) is 42.5 Å². The van der Waals surface area contributed by atoms with Crippen molar-refractivity contribution in [2.45, 2.75) is 39.5 Å². The largest absolute Gasteiger partial charge is 0.493 e. The highest BCUT2D eigenvalue weighted by molar-refractivity contribution is 7.12. The molecule has 3 N–H and O–H groups in total. The molecule has 54 heavy (non-hydrogen) atoms. The van der Waals surface area contributed by atoms with E-state index in [-0.39, 0.29) is 29.4 Å². The number of benzene rings is 3. The number of anilines is 4. The lowest BCUT2D eigenvalue weighted by Gasteiger charge is -2.16. The maximum absolute atomic E-state index is 12.6. The lowest BCUT2D eigenvalue weighted by Crippen LogP contribution is -2.20. The van der Waals surface area contributed by atoms with Crippen molar-refractivity contribution < 1.29 is 23.9 Å². The molecule has 0 aliphatic rings. The Bertz CT molecular complexity index is 2220. The van der Waals surface area contributed by atoms with Gasteiger partial charge in [-0.3, -0.25) is 23.7 Å². The maximum Gasteiger partial charge on any atom is 0.232 e. The van der Waals surface area contributed by atoms with Gasteiger partial charge < -0.3 is 25.4 Å². The number of carbonyl (C=O) groups excluding carboxylic acids is 3. The highest BCUT2D eigenvalue weighted by Crippen LogP contribution is 2.36. The van der Waals surface area contributed by atoms with Gasteiger partial charge in [-0.2, -0.15) is 10.2 Å². The average Bonchev–Trinajstić information content (AvgIpc) is 3.90. The van der Waals surface area contributed by atoms with E-state index in [1.807, 2.05) is 106 Å². The second-order valence-corrected chi connectivity index (χ2v) is 13.7. The summed E-state index contributed by atoms with van der Waals surface area (Å²) in [6.07, 6.45) is 0. The van der Waals surface area contributed by atoms with E-state index in [0.29, 0.717) is 33.6 Å². The first-order valence-corrected chi connectivity index (χ1v) is 18.2. The molecule has 0 bridgehead atoms. The normalized spacial score (nSPS) is 11.8. The van der Waals surface area contributed by atoms with E-state index < -0.39 is 0 Å². The summed E-state index contributed by atoms with van der Waals surface area (Å²) in [5, 5.41) is 19.5. The van der Waals surface area contributed by atoms with Crippen molar-refractivity contribution in [2.24, 2.45) is 14.1 Å². The molecule has 0 fully saturated rings. The topological polar surface area (TPSA) is 141 Å². The molecule has 0 aliphatic heterocycles. The maximum atomic E-state index is 12.6. The van der Waals surface area contributed by atoms with Gasteiger partial charge in [-0.05, 0) is 80.6 Å². The van der Waals surface area contributed by atoms with Crippen molar-refractivity contribution in [3.05, 3.63) is 129 Å². The zero-order chi connectivity index (χ0) is 38.9. The van der Waals surface area contributed by atoms with E-state index in [4.69, 9.17) is 9.47 Å². The molecule has 0 spiro atoms. The van der Waals surface area contributed by atoms with Crippen LogP contribution < -0.4 is 25.4 Å². The number of hydrogen-bond donors (Lipinski definition) is 3. The van der Waals surface area contributed by atoms with Crippen LogP contribution in [0.25, 0.3) is 0 Å². The molecular formula is C41H45N7O5S. The number of aromatic nitrogens is 4. The Hall–Kier alpha value is -6.21. The number of aryl methyl sites for hydroxylation is 4. The van der Waals surface area contributed by atoms with Crippen LogP contribution in [0.1, 0.15) is 63.4 Å². The van der Waals surface area contributed by atoms with Crippen LogP contribution in [0, 0.1) is 13.8 Å². The van der Waals surface area contributed by atoms with Gasteiger partial charge in [0.15, 0.2) is 11.5 Å². The Morgan fingerprint density at radius 1 is 0.704 bits per heavy atom. The number of thiophene rings is 1. The van der Waals surface area contributed by atoms with E-state index in [9.17, 15) is 14.4 Å². The van der Waals surface area contributed by atoms with Gasteiger partial charge in [0, 0.05) is 37.5 Å². The summed E-state index contributed by atoms with van der Waals surface area (Å²) in [6.45, 7) is 7.47. The second-order valence-electron chi connectivity index (χ2n) is 12.7. The van der Waals surface area contributed by atoms with Crippen LogP contribution >= 0.6 is 11.3 Å². The number of hydrogen-bond acceptors (Lipinski definition) is 9. The van der Waals surface area contributed by atoms with E-state index in [2.05, 4.69) is 26.1 Å². The van der Waals surface area contributed by atoms with Crippen LogP contribution in [0.4, 0.5) is 23.0 Å². The molecule has 2 unspecified atom stereocenters. The molecule has 3 aromatic heterocycles. The van der Waals surface area contributed by atoms with Crippen molar-refractivity contribution in [2.75, 3.05) is 30.2 Å². The third kappa shape index (κ3) is 9.41. The van der Waals surface area contributed by atoms with Gasteiger partial charge in [-0.15, -0.1) is 11.3 Å². The predicted molar refractivity (Wildman–Crippen MR) is 213 cm³/mol. The van der Waals surface area contributed by atoms with Crippen LogP contribution in [0.3, 0.4) is 0 Å². The first-order valence-electron chi connectivity index (χ1n) is 17.3. The Morgan fingerprint density at radius 2 is 1.30 bits per heavy atom. The molecule has 2 amide bonds. The van der Waals surface area contributed by atoms with Crippen LogP contribution in [0.5, 0.6) is 11.5 Å². The van der Waals surface area contributed by atoms with E-state index >= 15 is 0 Å². The molecule has 0 aliphatic carbocycles. The fourth-order valence-electron chi connectivity index (χ4n) is 5.72. The Morgan fingerprint density at radius 3 is 1.81 bits per heavy atom. The Balaban J connectivity index is 0.000000210. The molecule has 3 aromatic carbocycles. The van der Waals surface area contributed by atoms with E-state index in [0.717, 1.165) is 33.9 Å². The van der Waals surface area contributed by atoms with Gasteiger partial charge in [0.2, 0.25) is 17.6 Å². The molecule has 0 radical (unpaired) electrons. The number of methoxy groups -OCH3 is 2. The lowest BCUT2D eigenvalue weighted by atomic mass is 9.96. The fraction of sp³-hybridized carbons (Fsp3) is 0.244. The number of nitrogens with one attached hydrogen (secondary N) is 3. The summed E-state index contributed by atoms with van der Waals surface area (Å²) >= 11 is 1.41. The molecule has 6 rings (SSSR count). The zero-order valence-corrected chi connectivity index (χ0v) is 32.4. The summed E-state index contributed by atoms with van der Waals surface area (Å²) in [5.74, 6) is 1.71. The summed E-state index contributed by atoms with van der Waals surface area (Å²) in [6, 6.07) is 28.0. The highest BCUT2D eigenvalue weighted by atomic mass is 32.1. The third-order valence-electron chi connectivity index (χ3n) is 8.78. The summed E-state index contributed by atoms with van der Waals surface area (Å²) in [7, 11) is 6.81. The minimum Gasteiger partial charge on any atom is -0.493 e. The summed E-state index contributed by atoms with van der Waals surface area (Å²) in [4.78, 5) is 38.3. The van der Waals surface area contributed by atoms with E-state index in [1.165, 1.54) is 11.3 Å². The number of para-hydroxylation sites is 1. The summed E-state index contributed by atoms with van der Waals surface area (Å²) < 4.78 is 14.1. The molecule has 2 atom stereocenters. The van der Waals surface area contributed by atoms with Gasteiger partial charge in [0.25, 0.3) is 0 Å². The average molecular weight is 748 g/mol. The van der Waals surface area contributed by atoms with Gasteiger partial charge >= 0.3 is 0 Å². The number of rotatable bonds is 12. The number of amides is 2. The number of nitrogens with zero attached hydrogens (tertiary/aromatic N) is 4. The predicted octanol–water partition coefficient (Wildman–Crippen LogP) is 7.99. The lowest BCUT2D eigenvalue weighted by molar-refractivity contribution is -0.118. The molecule has 3 heterocycles. The minimum absolute atomic E-state index is 0.0216. The van der Waals surface area contributed by atoms with Gasteiger partial charge in [-0.25, -0.2) is 0 Å². The first kappa shape index (κ1) is 39.0. The van der Waals surface area contributed by atoms with Gasteiger partial charge in [0.05, 0.1) is 48.0 Å². The van der Waals surface area contributed by atoms with Gasteiger partial charge in [0.1, 0.15) is 11.6 Å². The quantitative estimate of drug-likeness (QED) is 0.107. The molecule has 13 heteroatoms. The highest BCUT2D eigenvalue weighted by Gasteiger charge is 2.20.